The van der Waals surface area contributed by atoms with Crippen molar-refractivity contribution in [2.75, 3.05) is 0 Å². The number of benzene rings is 2. The van der Waals surface area contributed by atoms with Crippen LogP contribution in [-0.4, -0.2) is 11.8 Å². The van der Waals surface area contributed by atoms with Crippen LogP contribution in [0.3, 0.4) is 0 Å². The Morgan fingerprint density at radius 3 is 2.25 bits per heavy atom. The maximum Gasteiger partial charge on any atom is 0.133 e. The molecule has 2 aromatic carbocycles. The summed E-state index contributed by atoms with van der Waals surface area (Å²) in [4.78, 5) is 5.55. The van der Waals surface area contributed by atoms with Gasteiger partial charge < -0.3 is 4.84 Å². The molecule has 0 radical (unpaired) electrons. The van der Waals surface area contributed by atoms with Gasteiger partial charge in [0, 0.05) is 12.8 Å². The molecule has 2 aromatic rings. The smallest absolute Gasteiger partial charge is 0.133 e. The van der Waals surface area contributed by atoms with Crippen molar-refractivity contribution in [1.82, 2.24) is 0 Å². The summed E-state index contributed by atoms with van der Waals surface area (Å²) in [5.74, 6) is 0. The van der Waals surface area contributed by atoms with E-state index in [1.807, 2.05) is 6.07 Å². The average molecular weight is 265 g/mol. The Morgan fingerprint density at radius 2 is 1.55 bits per heavy atom. The number of hydrogen-bond acceptors (Lipinski definition) is 2. The highest BCUT2D eigenvalue weighted by atomic mass is 16.6. The number of aryl methyl sites for hydroxylation is 1. The normalized spacial score (nSPS) is 17.6. The minimum Gasteiger partial charge on any atom is -0.392 e. The zero-order valence-electron chi connectivity index (χ0n) is 11.5. The van der Waals surface area contributed by atoms with E-state index in [0.29, 0.717) is 0 Å². The van der Waals surface area contributed by atoms with Gasteiger partial charge in [-0.05, 0) is 24.0 Å². The van der Waals surface area contributed by atoms with Crippen molar-refractivity contribution in [3.8, 4) is 0 Å². The van der Waals surface area contributed by atoms with Gasteiger partial charge in [0.1, 0.15) is 6.10 Å². The summed E-state index contributed by atoms with van der Waals surface area (Å²) in [6.07, 6.45) is 4.20. The molecule has 0 aromatic heterocycles. The Hall–Kier alpha value is -2.09. The molecule has 1 atom stereocenters. The number of hydrogen-bond donors (Lipinski definition) is 0. The van der Waals surface area contributed by atoms with Crippen molar-refractivity contribution in [2.24, 2.45) is 5.16 Å². The number of nitrogens with zero attached hydrogens (tertiary/aromatic N) is 1. The molecule has 0 fully saturated rings. The lowest BCUT2D eigenvalue weighted by Gasteiger charge is -2.07. The zero-order valence-corrected chi connectivity index (χ0v) is 11.5. The van der Waals surface area contributed by atoms with E-state index < -0.39 is 0 Å². The molecule has 20 heavy (non-hydrogen) atoms. The van der Waals surface area contributed by atoms with Crippen LogP contribution in [0.5, 0.6) is 0 Å². The molecule has 3 rings (SSSR count). The highest BCUT2D eigenvalue weighted by Gasteiger charge is 2.20. The molecule has 0 saturated heterocycles. The van der Waals surface area contributed by atoms with E-state index >= 15 is 0 Å². The first kappa shape index (κ1) is 12.9. The Balaban J connectivity index is 1.47. The van der Waals surface area contributed by atoms with E-state index in [2.05, 4.69) is 59.8 Å². The Morgan fingerprint density at radius 1 is 0.900 bits per heavy atom. The van der Waals surface area contributed by atoms with Gasteiger partial charge in [0.05, 0.1) is 5.71 Å². The van der Waals surface area contributed by atoms with Gasteiger partial charge in [0.2, 0.25) is 0 Å². The van der Waals surface area contributed by atoms with Crippen molar-refractivity contribution >= 4 is 5.71 Å². The topological polar surface area (TPSA) is 21.6 Å². The van der Waals surface area contributed by atoms with Crippen LogP contribution in [0.25, 0.3) is 0 Å². The Labute approximate surface area is 120 Å². The number of rotatable bonds is 5. The van der Waals surface area contributed by atoms with Crippen LogP contribution in [0, 0.1) is 0 Å². The Kier molecular flexibility index (Phi) is 4.12. The molecule has 2 nitrogen and oxygen atoms in total. The van der Waals surface area contributed by atoms with Gasteiger partial charge in [-0.2, -0.15) is 0 Å². The van der Waals surface area contributed by atoms with Crippen LogP contribution in [0.2, 0.25) is 0 Å². The molecule has 0 amide bonds. The first-order chi connectivity index (χ1) is 9.90. The molecule has 0 aliphatic carbocycles. The van der Waals surface area contributed by atoms with Gasteiger partial charge in [0.25, 0.3) is 0 Å². The first-order valence-electron chi connectivity index (χ1n) is 7.19. The molecular weight excluding hydrogens is 246 g/mol. The molecule has 1 heterocycles. The monoisotopic (exact) mass is 265 g/mol. The third kappa shape index (κ3) is 3.47. The molecular formula is C18H19NO. The quantitative estimate of drug-likeness (QED) is 0.800. The van der Waals surface area contributed by atoms with Crippen LogP contribution < -0.4 is 0 Å². The molecule has 0 saturated carbocycles. The highest BCUT2D eigenvalue weighted by molar-refractivity contribution is 5.87. The third-order valence-electron chi connectivity index (χ3n) is 3.64. The molecule has 1 aliphatic rings. The molecule has 1 aliphatic heterocycles. The second kappa shape index (κ2) is 6.38. The number of oxime groups is 1. The van der Waals surface area contributed by atoms with Gasteiger partial charge in [-0.15, -0.1) is 0 Å². The fourth-order valence-electron chi connectivity index (χ4n) is 2.55. The highest BCUT2D eigenvalue weighted by Crippen LogP contribution is 2.18. The fourth-order valence-corrected chi connectivity index (χ4v) is 2.55. The standard InChI is InChI=1S/C18H19NO/c1-3-7-15(8-4-1)11-12-18-14-17(19-20-18)13-16-9-5-2-6-10-16/h1-10,18H,11-14H2. The summed E-state index contributed by atoms with van der Waals surface area (Å²) in [6.45, 7) is 0. The Bertz CT molecular complexity index is 562. The largest absolute Gasteiger partial charge is 0.392 e. The van der Waals surface area contributed by atoms with Crippen LogP contribution in [0.4, 0.5) is 0 Å². The lowest BCUT2D eigenvalue weighted by molar-refractivity contribution is 0.0794. The maximum absolute atomic E-state index is 5.55. The van der Waals surface area contributed by atoms with Crippen LogP contribution in [0.15, 0.2) is 65.8 Å². The minimum atomic E-state index is 0.244. The lowest BCUT2D eigenvalue weighted by atomic mass is 10.0. The van der Waals surface area contributed by atoms with Crippen molar-refractivity contribution < 1.29 is 4.84 Å². The predicted octanol–water partition coefficient (Wildman–Crippen LogP) is 4.01. The van der Waals surface area contributed by atoms with E-state index in [1.165, 1.54) is 11.1 Å². The zero-order chi connectivity index (χ0) is 13.6. The summed E-state index contributed by atoms with van der Waals surface area (Å²) in [6, 6.07) is 21.0. The van der Waals surface area contributed by atoms with E-state index in [0.717, 1.165) is 31.4 Å². The van der Waals surface area contributed by atoms with Gasteiger partial charge in [0.15, 0.2) is 0 Å². The van der Waals surface area contributed by atoms with Gasteiger partial charge in [-0.3, -0.25) is 0 Å². The maximum atomic E-state index is 5.55. The summed E-state index contributed by atoms with van der Waals surface area (Å²) >= 11 is 0. The first-order valence-corrected chi connectivity index (χ1v) is 7.19. The van der Waals surface area contributed by atoms with Crippen molar-refractivity contribution in [3.05, 3.63) is 71.8 Å². The lowest BCUT2D eigenvalue weighted by Crippen LogP contribution is -2.10. The van der Waals surface area contributed by atoms with Gasteiger partial charge in [-0.25, -0.2) is 0 Å². The minimum absolute atomic E-state index is 0.244. The molecule has 0 bridgehead atoms. The molecule has 2 heteroatoms. The second-order valence-electron chi connectivity index (χ2n) is 5.28. The van der Waals surface area contributed by atoms with E-state index in [-0.39, 0.29) is 6.10 Å². The van der Waals surface area contributed by atoms with E-state index in [4.69, 9.17) is 4.84 Å². The molecule has 0 N–H and O–H groups in total. The van der Waals surface area contributed by atoms with Crippen molar-refractivity contribution in [2.45, 2.75) is 31.8 Å². The SMILES string of the molecule is c1ccc(CCC2CC(Cc3ccccc3)=NO2)cc1. The van der Waals surface area contributed by atoms with Crippen LogP contribution in [0.1, 0.15) is 24.0 Å². The summed E-state index contributed by atoms with van der Waals surface area (Å²) in [7, 11) is 0. The van der Waals surface area contributed by atoms with Gasteiger partial charge >= 0.3 is 0 Å². The fraction of sp³-hybridized carbons (Fsp3) is 0.278. The molecule has 102 valence electrons. The van der Waals surface area contributed by atoms with Crippen molar-refractivity contribution in [1.29, 1.82) is 0 Å². The van der Waals surface area contributed by atoms with Crippen LogP contribution in [-0.2, 0) is 17.7 Å². The summed E-state index contributed by atoms with van der Waals surface area (Å²) in [5, 5.41) is 4.24. The molecule has 1 unspecified atom stereocenters. The van der Waals surface area contributed by atoms with E-state index in [1.54, 1.807) is 0 Å². The second-order valence-corrected chi connectivity index (χ2v) is 5.28. The van der Waals surface area contributed by atoms with Crippen LogP contribution >= 0.6 is 0 Å². The third-order valence-corrected chi connectivity index (χ3v) is 3.64. The van der Waals surface area contributed by atoms with E-state index in [9.17, 15) is 0 Å². The predicted molar refractivity (Wildman–Crippen MR) is 81.8 cm³/mol. The molecule has 0 spiro atoms. The average Bonchev–Trinajstić information content (AvgIpc) is 2.95. The summed E-state index contributed by atoms with van der Waals surface area (Å²) in [5.41, 5.74) is 3.83. The summed E-state index contributed by atoms with van der Waals surface area (Å²) < 4.78 is 0. The van der Waals surface area contributed by atoms with Gasteiger partial charge in [-0.1, -0.05) is 65.8 Å². The van der Waals surface area contributed by atoms with Crippen molar-refractivity contribution in [3.63, 3.8) is 0 Å².